The summed E-state index contributed by atoms with van der Waals surface area (Å²) in [5.74, 6) is -6.28. The maximum Gasteiger partial charge on any atom is 0.161 e. The van der Waals surface area contributed by atoms with Crippen LogP contribution < -0.4 is 9.47 Å². The van der Waals surface area contributed by atoms with Crippen LogP contribution in [0.25, 0.3) is 0 Å². The van der Waals surface area contributed by atoms with Gasteiger partial charge in [-0.1, -0.05) is 13.8 Å². The summed E-state index contributed by atoms with van der Waals surface area (Å²) < 4.78 is 111. The fourth-order valence-corrected chi connectivity index (χ4v) is 2.95. The zero-order valence-electron chi connectivity index (χ0n) is 25.4. The number of hydrogen-bond acceptors (Lipinski definition) is 4. The van der Waals surface area contributed by atoms with Crippen molar-refractivity contribution in [2.24, 2.45) is 11.8 Å². The maximum absolute atomic E-state index is 11.2. The second-order valence-corrected chi connectivity index (χ2v) is 5.55. The second-order valence-electron chi connectivity index (χ2n) is 5.55. The largest absolute Gasteiger partial charge is 0.493 e. The highest BCUT2D eigenvalue weighted by Gasteiger charge is 2.38. The number of nitrogens with zero attached hydrogens (tertiary/aromatic N) is 1. The van der Waals surface area contributed by atoms with Crippen LogP contribution in [0.3, 0.4) is 0 Å². The van der Waals surface area contributed by atoms with Gasteiger partial charge in [-0.25, -0.2) is 0 Å². The van der Waals surface area contributed by atoms with E-state index in [9.17, 15) is 5.11 Å². The summed E-state index contributed by atoms with van der Waals surface area (Å²) in [5, 5.41) is 11.2. The molecule has 1 aromatic rings. The van der Waals surface area contributed by atoms with Crippen LogP contribution in [0.5, 0.6) is 11.5 Å². The molecule has 2 aliphatic heterocycles. The first-order chi connectivity index (χ1) is 15.7. The Morgan fingerprint density at radius 3 is 3.00 bits per heavy atom. The van der Waals surface area contributed by atoms with Gasteiger partial charge in [0.1, 0.15) is 0 Å². The van der Waals surface area contributed by atoms with E-state index >= 15 is 0 Å². The summed E-state index contributed by atoms with van der Waals surface area (Å²) in [5.41, 5.74) is 0.184. The van der Waals surface area contributed by atoms with E-state index in [0.717, 1.165) is 6.92 Å². The normalized spacial score (nSPS) is 47.4. The van der Waals surface area contributed by atoms with E-state index in [4.69, 9.17) is 25.9 Å². The molecule has 0 radical (unpaired) electrons. The fourth-order valence-electron chi connectivity index (χ4n) is 2.95. The summed E-state index contributed by atoms with van der Waals surface area (Å²) in [4.78, 5) is 1.27. The first-order valence-corrected chi connectivity index (χ1v) is 7.37. The average molecular weight is 332 g/mol. The van der Waals surface area contributed by atoms with Crippen molar-refractivity contribution in [2.75, 3.05) is 27.3 Å². The van der Waals surface area contributed by atoms with Crippen molar-refractivity contribution in [3.8, 4) is 11.5 Å². The predicted molar refractivity (Wildman–Crippen MR) is 91.1 cm³/mol. The molecule has 0 aromatic heterocycles. The van der Waals surface area contributed by atoms with Crippen molar-refractivity contribution in [1.82, 2.24) is 4.90 Å². The summed E-state index contributed by atoms with van der Waals surface area (Å²) in [6.07, 6.45) is -10.0. The fraction of sp³-hybridized carbons (Fsp3) is 0.684. The number of benzene rings is 1. The number of piperidine rings is 1. The van der Waals surface area contributed by atoms with Crippen LogP contribution in [0.2, 0.25) is 0 Å². The number of methoxy groups -OCH3 is 2. The third kappa shape index (κ3) is 3.20. The van der Waals surface area contributed by atoms with Crippen LogP contribution in [0, 0.1) is 11.8 Å². The zero-order chi connectivity index (χ0) is 27.2. The van der Waals surface area contributed by atoms with Crippen LogP contribution >= 0.6 is 0 Å². The van der Waals surface area contributed by atoms with Gasteiger partial charge in [0.05, 0.1) is 24.4 Å². The molecule has 4 atom stereocenters. The number of rotatable bonds is 4. The number of hydrogen-bond donors (Lipinski definition) is 1. The van der Waals surface area contributed by atoms with Gasteiger partial charge in [-0.2, -0.15) is 0 Å². The third-order valence-corrected chi connectivity index (χ3v) is 4.00. The highest BCUT2D eigenvalue weighted by atomic mass is 16.5. The van der Waals surface area contributed by atoms with E-state index < -0.39 is 50.1 Å². The van der Waals surface area contributed by atoms with Crippen LogP contribution in [0.1, 0.15) is 60.1 Å². The van der Waals surface area contributed by atoms with Crippen molar-refractivity contribution >= 4 is 0 Å². The van der Waals surface area contributed by atoms with Crippen molar-refractivity contribution in [3.63, 3.8) is 0 Å². The smallest absolute Gasteiger partial charge is 0.161 e. The molecule has 2 aliphatic rings. The molecule has 0 bridgehead atoms. The van der Waals surface area contributed by atoms with Gasteiger partial charge in [0.25, 0.3) is 0 Å². The van der Waals surface area contributed by atoms with Gasteiger partial charge in [-0.3, -0.25) is 4.90 Å². The Morgan fingerprint density at radius 2 is 2.30 bits per heavy atom. The first kappa shape index (κ1) is 7.32. The quantitative estimate of drug-likeness (QED) is 0.921. The highest BCUT2D eigenvalue weighted by molar-refractivity contribution is 5.49. The van der Waals surface area contributed by atoms with E-state index in [1.54, 1.807) is 0 Å². The van der Waals surface area contributed by atoms with E-state index in [1.807, 2.05) is 0 Å². The van der Waals surface area contributed by atoms with Gasteiger partial charge < -0.3 is 14.6 Å². The minimum Gasteiger partial charge on any atom is -0.493 e. The van der Waals surface area contributed by atoms with Gasteiger partial charge in [-0.05, 0) is 54.2 Å². The second kappa shape index (κ2) is 6.70. The van der Waals surface area contributed by atoms with Gasteiger partial charge in [0.2, 0.25) is 0 Å². The molecule has 128 valence electrons. The summed E-state index contributed by atoms with van der Waals surface area (Å²) in [6.45, 7) is -3.34. The minimum atomic E-state index is -3.56. The van der Waals surface area contributed by atoms with Gasteiger partial charge in [-0.15, -0.1) is 0 Å². The Labute approximate surface area is 156 Å². The van der Waals surface area contributed by atoms with Gasteiger partial charge >= 0.3 is 0 Å². The summed E-state index contributed by atoms with van der Waals surface area (Å²) in [7, 11) is 2.53. The van der Waals surface area contributed by atoms with E-state index in [1.165, 1.54) is 19.1 Å². The van der Waals surface area contributed by atoms with Gasteiger partial charge in [0, 0.05) is 31.5 Å². The lowest BCUT2D eigenvalue weighted by Gasteiger charge is -2.46. The molecule has 0 saturated carbocycles. The molecule has 23 heavy (non-hydrogen) atoms. The highest BCUT2D eigenvalue weighted by Crippen LogP contribution is 2.43. The van der Waals surface area contributed by atoms with Crippen molar-refractivity contribution in [2.45, 2.75) is 45.1 Å². The minimum absolute atomic E-state index is 0.0315. The molecular weight excluding hydrogens is 290 g/mol. The van der Waals surface area contributed by atoms with Gasteiger partial charge in [0.15, 0.2) is 11.5 Å². The van der Waals surface area contributed by atoms with E-state index in [-0.39, 0.29) is 47.7 Å². The Hall–Kier alpha value is -1.26. The molecule has 2 heterocycles. The maximum atomic E-state index is 11.2. The lowest BCUT2D eigenvalue weighted by atomic mass is 9.79. The zero-order valence-corrected chi connectivity index (χ0v) is 13.4. The van der Waals surface area contributed by atoms with Crippen molar-refractivity contribution < 1.29 is 31.0 Å². The van der Waals surface area contributed by atoms with Crippen LogP contribution in [0.15, 0.2) is 12.1 Å². The molecule has 0 aliphatic carbocycles. The third-order valence-electron chi connectivity index (χ3n) is 4.00. The molecule has 0 spiro atoms. The molecule has 4 nitrogen and oxygen atoms in total. The first-order valence-electron chi connectivity index (χ1n) is 13.4. The molecule has 1 N–H and O–H groups in total. The Bertz CT molecular complexity index is 1030. The number of ether oxygens (including phenoxy) is 2. The molecular formula is C19H29NO3. The molecule has 0 amide bonds. The average Bonchev–Trinajstić information content (AvgIpc) is 2.73. The Kier molecular flexibility index (Phi) is 2.13. The van der Waals surface area contributed by atoms with Crippen molar-refractivity contribution in [1.29, 1.82) is 0 Å². The Morgan fingerprint density at radius 1 is 1.57 bits per heavy atom. The molecule has 4 heteroatoms. The SMILES string of the molecule is [2H]c1c2c(c([2H])c(OC)c1OC)C1N(CC2)CC([2H])(C([2H])([2H])C([2H])(C)C([2H])([2H])[2H])C([2H])(O)C1([2H])[2H]. The predicted octanol–water partition coefficient (Wildman–Crippen LogP) is 3.03. The lowest BCUT2D eigenvalue weighted by Crippen LogP contribution is -2.48. The lowest BCUT2D eigenvalue weighted by molar-refractivity contribution is -0.0191. The summed E-state index contributed by atoms with van der Waals surface area (Å²) in [6, 6.07) is -2.04. The Balaban J connectivity index is 2.29. The topological polar surface area (TPSA) is 41.9 Å². The summed E-state index contributed by atoms with van der Waals surface area (Å²) >= 11 is 0. The van der Waals surface area contributed by atoms with E-state index in [0.29, 0.717) is 0 Å². The number of aliphatic hydroxyl groups is 1. The molecule has 1 fully saturated rings. The monoisotopic (exact) mass is 331 g/mol. The molecule has 3 rings (SSSR count). The number of fused-ring (bicyclic) bond motifs is 3. The van der Waals surface area contributed by atoms with Crippen LogP contribution in [-0.2, 0) is 6.42 Å². The van der Waals surface area contributed by atoms with Crippen LogP contribution in [-0.4, -0.2) is 43.4 Å². The van der Waals surface area contributed by atoms with Crippen molar-refractivity contribution in [3.05, 3.63) is 23.2 Å². The molecule has 1 aromatic carbocycles. The van der Waals surface area contributed by atoms with Crippen LogP contribution in [0.4, 0.5) is 0 Å². The van der Waals surface area contributed by atoms with E-state index in [2.05, 4.69) is 0 Å². The molecule has 1 saturated heterocycles. The molecule has 4 unspecified atom stereocenters. The standard InChI is InChI=1S/C19H29NO3/c1-12(2)7-14-11-20-6-5-13-8-18(22-3)19(23-4)9-15(13)16(20)10-17(14)21/h8-9,12,14,16-17,21H,5-7,10-11H2,1-4H3/i1D3,7D2,8D,9D,10D2,12D,14D,17D.